The Hall–Kier alpha value is -3.00. The molecule has 6 nitrogen and oxygen atoms in total. The third kappa shape index (κ3) is 2.62. The summed E-state index contributed by atoms with van der Waals surface area (Å²) in [6.07, 6.45) is 1.56. The van der Waals surface area contributed by atoms with Gasteiger partial charge in [-0.3, -0.25) is 19.3 Å². The van der Waals surface area contributed by atoms with Crippen LogP contribution in [0.15, 0.2) is 65.1 Å². The molecule has 2 spiro atoms. The second kappa shape index (κ2) is 7.76. The number of fused-ring (bicyclic) bond motifs is 7. The molecule has 3 aromatic carbocycles. The lowest BCUT2D eigenvalue weighted by molar-refractivity contribution is -0.137. The van der Waals surface area contributed by atoms with Crippen molar-refractivity contribution in [2.45, 2.75) is 36.8 Å². The van der Waals surface area contributed by atoms with Gasteiger partial charge in [-0.05, 0) is 61.7 Å². The van der Waals surface area contributed by atoms with E-state index >= 15 is 0 Å². The molecule has 8 heteroatoms. The van der Waals surface area contributed by atoms with Gasteiger partial charge in [0.1, 0.15) is 11.0 Å². The fourth-order valence-corrected chi connectivity index (χ4v) is 7.98. The number of nitrogens with zero attached hydrogens (tertiary/aromatic N) is 1. The Balaban J connectivity index is 1.59. The molecule has 37 heavy (non-hydrogen) atoms. The van der Waals surface area contributed by atoms with Crippen molar-refractivity contribution in [3.8, 4) is 0 Å². The Morgan fingerprint density at radius 2 is 1.76 bits per heavy atom. The number of anilines is 2. The van der Waals surface area contributed by atoms with Crippen molar-refractivity contribution in [3.05, 3.63) is 92.4 Å². The van der Waals surface area contributed by atoms with Crippen LogP contribution in [0.3, 0.4) is 0 Å². The molecular weight excluding hydrogens is 554 g/mol. The maximum Gasteiger partial charge on any atom is 0.251 e. The number of halogens is 2. The van der Waals surface area contributed by atoms with Crippen molar-refractivity contribution in [3.63, 3.8) is 0 Å². The molecule has 0 saturated carbocycles. The minimum atomic E-state index is -1.45. The van der Waals surface area contributed by atoms with E-state index in [4.69, 9.17) is 11.6 Å². The third-order valence-electron chi connectivity index (χ3n) is 8.88. The Morgan fingerprint density at radius 3 is 2.54 bits per heavy atom. The molecule has 2 fully saturated rings. The number of para-hydroxylation sites is 1. The van der Waals surface area contributed by atoms with Crippen molar-refractivity contribution >= 4 is 56.5 Å². The van der Waals surface area contributed by atoms with Crippen molar-refractivity contribution < 1.29 is 14.4 Å². The number of amides is 2. The summed E-state index contributed by atoms with van der Waals surface area (Å²) in [6.45, 7) is 2.48. The SMILES string of the molecule is Cc1c(Cl)ccc2c1NC(=O)[C@@]21N2CCC[C@@H]2[C@@H](C(=O)c2ccc(Br)cc2)[C@]12C(=O)Nc1ccccc12. The van der Waals surface area contributed by atoms with E-state index in [1.807, 2.05) is 49.4 Å². The first kappa shape index (κ1) is 23.1. The van der Waals surface area contributed by atoms with E-state index in [1.54, 1.807) is 18.2 Å². The van der Waals surface area contributed by atoms with Gasteiger partial charge in [-0.25, -0.2) is 0 Å². The number of Topliss-reactive ketones (excluding diaryl/α,β-unsaturated/α-hetero) is 1. The first-order valence-corrected chi connectivity index (χ1v) is 13.6. The standard InChI is InChI=1S/C29H23BrClN3O3/c1-15-20(31)13-12-19-24(15)33-27(37)29(19)28(18-5-2-3-6-21(18)32-26(28)36)23(22-7-4-14-34(22)29)25(35)16-8-10-17(30)11-9-16/h2-3,5-6,8-13,22-23H,4,7,14H2,1H3,(H,32,36)(H,33,37)/t22-,23+,28-,29+/m1/s1. The minimum absolute atomic E-state index is 0.125. The Labute approximate surface area is 227 Å². The molecule has 4 aliphatic rings. The van der Waals surface area contributed by atoms with Crippen LogP contribution in [-0.2, 0) is 20.5 Å². The molecule has 2 amide bonds. The van der Waals surface area contributed by atoms with Gasteiger partial charge >= 0.3 is 0 Å². The Kier molecular flexibility index (Phi) is 4.85. The van der Waals surface area contributed by atoms with Crippen LogP contribution < -0.4 is 10.6 Å². The molecule has 0 aliphatic carbocycles. The number of nitrogens with one attached hydrogen (secondary N) is 2. The molecule has 4 heterocycles. The molecule has 2 N–H and O–H groups in total. The zero-order valence-electron chi connectivity index (χ0n) is 20.0. The third-order valence-corrected chi connectivity index (χ3v) is 9.82. The zero-order valence-corrected chi connectivity index (χ0v) is 22.3. The van der Waals surface area contributed by atoms with Gasteiger partial charge in [0.05, 0.1) is 11.6 Å². The van der Waals surface area contributed by atoms with Gasteiger partial charge in [0.15, 0.2) is 5.78 Å². The van der Waals surface area contributed by atoms with Crippen LogP contribution in [0.4, 0.5) is 11.4 Å². The molecular formula is C29H23BrClN3O3. The molecule has 186 valence electrons. The highest BCUT2D eigenvalue weighted by Gasteiger charge is 2.81. The summed E-state index contributed by atoms with van der Waals surface area (Å²) in [4.78, 5) is 45.6. The smallest absolute Gasteiger partial charge is 0.251 e. The van der Waals surface area contributed by atoms with Gasteiger partial charge in [-0.2, -0.15) is 0 Å². The van der Waals surface area contributed by atoms with Gasteiger partial charge in [0, 0.05) is 32.4 Å². The van der Waals surface area contributed by atoms with Crippen molar-refractivity contribution in [1.29, 1.82) is 0 Å². The van der Waals surface area contributed by atoms with Gasteiger partial charge < -0.3 is 10.6 Å². The van der Waals surface area contributed by atoms with E-state index in [-0.39, 0.29) is 23.6 Å². The number of carbonyl (C=O) groups is 3. The van der Waals surface area contributed by atoms with E-state index in [0.717, 1.165) is 22.9 Å². The lowest BCUT2D eigenvalue weighted by Gasteiger charge is -2.43. The summed E-state index contributed by atoms with van der Waals surface area (Å²) in [7, 11) is 0. The Bertz CT molecular complexity index is 1540. The van der Waals surface area contributed by atoms with E-state index in [9.17, 15) is 14.4 Å². The summed E-state index contributed by atoms with van der Waals surface area (Å²) in [6, 6.07) is 18.1. The Morgan fingerprint density at radius 1 is 1.00 bits per heavy atom. The van der Waals surface area contributed by atoms with Crippen LogP contribution in [0.5, 0.6) is 0 Å². The summed E-state index contributed by atoms with van der Waals surface area (Å²) in [5.74, 6) is -1.47. The fourth-order valence-electron chi connectivity index (χ4n) is 7.56. The highest BCUT2D eigenvalue weighted by Crippen LogP contribution is 2.68. The second-order valence-corrected chi connectivity index (χ2v) is 11.6. The highest BCUT2D eigenvalue weighted by atomic mass is 79.9. The van der Waals surface area contributed by atoms with Crippen molar-refractivity contribution in [2.75, 3.05) is 17.2 Å². The zero-order chi connectivity index (χ0) is 25.7. The largest absolute Gasteiger partial charge is 0.325 e. The normalized spacial score (nSPS) is 29.4. The molecule has 7 rings (SSSR count). The van der Waals surface area contributed by atoms with E-state index < -0.39 is 16.9 Å². The quantitative estimate of drug-likeness (QED) is 0.399. The van der Waals surface area contributed by atoms with Gasteiger partial charge in [0.25, 0.3) is 5.91 Å². The molecule has 0 aromatic heterocycles. The molecule has 3 aromatic rings. The summed E-state index contributed by atoms with van der Waals surface area (Å²) in [5.41, 5.74) is 1.14. The molecule has 0 unspecified atom stereocenters. The predicted molar refractivity (Wildman–Crippen MR) is 145 cm³/mol. The number of carbonyl (C=O) groups excluding carboxylic acids is 3. The predicted octanol–water partition coefficient (Wildman–Crippen LogP) is 5.43. The van der Waals surface area contributed by atoms with Gasteiger partial charge in [0.2, 0.25) is 5.91 Å². The fraction of sp³-hybridized carbons (Fsp3) is 0.276. The van der Waals surface area contributed by atoms with Gasteiger partial charge in [-0.15, -0.1) is 0 Å². The lowest BCUT2D eigenvalue weighted by atomic mass is 9.57. The van der Waals surface area contributed by atoms with E-state index in [2.05, 4.69) is 31.5 Å². The van der Waals surface area contributed by atoms with Crippen LogP contribution in [0.1, 0.15) is 39.9 Å². The van der Waals surface area contributed by atoms with Gasteiger partial charge in [-0.1, -0.05) is 63.9 Å². The molecule has 4 atom stereocenters. The van der Waals surface area contributed by atoms with Crippen LogP contribution in [0.2, 0.25) is 5.02 Å². The van der Waals surface area contributed by atoms with Crippen LogP contribution in [0, 0.1) is 12.8 Å². The maximum atomic E-state index is 14.5. The topological polar surface area (TPSA) is 78.5 Å². The molecule has 2 saturated heterocycles. The van der Waals surface area contributed by atoms with Crippen molar-refractivity contribution in [2.24, 2.45) is 5.92 Å². The maximum absolute atomic E-state index is 14.5. The number of hydrogen-bond donors (Lipinski definition) is 2. The second-order valence-electron chi connectivity index (χ2n) is 10.3. The minimum Gasteiger partial charge on any atom is -0.325 e. The van der Waals surface area contributed by atoms with Crippen LogP contribution >= 0.6 is 27.5 Å². The molecule has 0 bridgehead atoms. The van der Waals surface area contributed by atoms with E-state index in [1.165, 1.54) is 0 Å². The number of hydrogen-bond acceptors (Lipinski definition) is 4. The average molecular weight is 577 g/mol. The molecule has 0 radical (unpaired) electrons. The summed E-state index contributed by atoms with van der Waals surface area (Å²) >= 11 is 9.93. The average Bonchev–Trinajstić information content (AvgIpc) is 3.61. The van der Waals surface area contributed by atoms with Crippen LogP contribution in [-0.4, -0.2) is 35.1 Å². The lowest BCUT2D eigenvalue weighted by Crippen LogP contribution is -2.62. The first-order valence-electron chi connectivity index (χ1n) is 12.4. The highest BCUT2D eigenvalue weighted by molar-refractivity contribution is 9.10. The van der Waals surface area contributed by atoms with E-state index in [0.29, 0.717) is 39.6 Å². The van der Waals surface area contributed by atoms with Crippen LogP contribution in [0.25, 0.3) is 0 Å². The monoisotopic (exact) mass is 575 g/mol. The number of ketones is 1. The summed E-state index contributed by atoms with van der Waals surface area (Å²) < 4.78 is 0.865. The number of benzene rings is 3. The number of rotatable bonds is 2. The first-order chi connectivity index (χ1) is 17.8. The molecule has 4 aliphatic heterocycles. The van der Waals surface area contributed by atoms with Crippen molar-refractivity contribution in [1.82, 2.24) is 4.90 Å². The summed E-state index contributed by atoms with van der Waals surface area (Å²) in [5, 5.41) is 6.70.